The lowest BCUT2D eigenvalue weighted by Gasteiger charge is -2.16. The summed E-state index contributed by atoms with van der Waals surface area (Å²) in [5.74, 6) is -0.245. The van der Waals surface area contributed by atoms with Gasteiger partial charge in [0.1, 0.15) is 11.8 Å². The molecule has 0 aromatic rings. The second-order valence-corrected chi connectivity index (χ2v) is 2.58. The Bertz CT molecular complexity index is 255. The van der Waals surface area contributed by atoms with E-state index in [0.29, 0.717) is 18.8 Å². The molecule has 1 saturated heterocycles. The number of rotatable bonds is 1. The number of ether oxygens (including phenoxy) is 1. The van der Waals surface area contributed by atoms with Crippen molar-refractivity contribution in [3.8, 4) is 6.07 Å². The topological polar surface area (TPSA) is 76.1 Å². The van der Waals surface area contributed by atoms with Crippen molar-refractivity contribution in [1.82, 2.24) is 0 Å². The van der Waals surface area contributed by atoms with Gasteiger partial charge in [-0.25, -0.2) is 0 Å². The lowest BCUT2D eigenvalue weighted by molar-refractivity contribution is -0.114. The molecule has 1 fully saturated rings. The zero-order valence-electron chi connectivity index (χ0n) is 6.67. The van der Waals surface area contributed by atoms with Crippen LogP contribution >= 0.6 is 0 Å². The van der Waals surface area contributed by atoms with Gasteiger partial charge in [-0.15, -0.1) is 0 Å². The molecular formula is C8H10N2O2. The van der Waals surface area contributed by atoms with E-state index >= 15 is 0 Å². The minimum Gasteiger partial charge on any atom is -0.496 e. The highest BCUT2D eigenvalue weighted by Crippen LogP contribution is 2.19. The van der Waals surface area contributed by atoms with Crippen LogP contribution in [-0.2, 0) is 9.53 Å². The number of carbonyl (C=O) groups is 1. The Hall–Kier alpha value is -1.50. The van der Waals surface area contributed by atoms with Crippen LogP contribution in [0.25, 0.3) is 0 Å². The molecule has 64 valence electrons. The van der Waals surface area contributed by atoms with Gasteiger partial charge >= 0.3 is 0 Å². The van der Waals surface area contributed by atoms with E-state index in [9.17, 15) is 4.79 Å². The molecular weight excluding hydrogens is 156 g/mol. The van der Waals surface area contributed by atoms with Crippen LogP contribution in [0, 0.1) is 11.3 Å². The molecule has 0 aromatic heterocycles. The van der Waals surface area contributed by atoms with Crippen molar-refractivity contribution in [1.29, 1.82) is 5.26 Å². The van der Waals surface area contributed by atoms with Gasteiger partial charge in [0.15, 0.2) is 5.57 Å². The Balaban J connectivity index is 2.84. The number of hydrogen-bond donors (Lipinski definition) is 1. The van der Waals surface area contributed by atoms with E-state index in [-0.39, 0.29) is 5.57 Å². The van der Waals surface area contributed by atoms with E-state index in [1.807, 2.05) is 0 Å². The van der Waals surface area contributed by atoms with Gasteiger partial charge in [-0.05, 0) is 12.8 Å². The number of primary amides is 1. The fourth-order valence-electron chi connectivity index (χ4n) is 1.11. The summed E-state index contributed by atoms with van der Waals surface area (Å²) in [5.41, 5.74) is 4.95. The van der Waals surface area contributed by atoms with Gasteiger partial charge in [-0.3, -0.25) is 4.79 Å². The lowest BCUT2D eigenvalue weighted by atomic mass is 10.1. The average Bonchev–Trinajstić information content (AvgIpc) is 2.07. The minimum absolute atomic E-state index is 0.0327. The molecule has 12 heavy (non-hydrogen) atoms. The van der Waals surface area contributed by atoms with Gasteiger partial charge in [0.2, 0.25) is 0 Å². The molecule has 0 aromatic carbocycles. The molecule has 0 saturated carbocycles. The van der Waals surface area contributed by atoms with Gasteiger partial charge in [-0.2, -0.15) is 5.26 Å². The summed E-state index contributed by atoms with van der Waals surface area (Å²) in [4.78, 5) is 10.7. The minimum atomic E-state index is -0.700. The van der Waals surface area contributed by atoms with Crippen LogP contribution in [0.15, 0.2) is 11.3 Å². The van der Waals surface area contributed by atoms with Crippen molar-refractivity contribution in [2.24, 2.45) is 5.73 Å². The average molecular weight is 166 g/mol. The Morgan fingerprint density at radius 3 is 2.75 bits per heavy atom. The third kappa shape index (κ3) is 1.76. The molecule has 0 unspecified atom stereocenters. The highest BCUT2D eigenvalue weighted by molar-refractivity contribution is 5.96. The zero-order chi connectivity index (χ0) is 8.97. The second kappa shape index (κ2) is 3.77. The second-order valence-electron chi connectivity index (χ2n) is 2.58. The van der Waals surface area contributed by atoms with Crippen LogP contribution in [0.5, 0.6) is 0 Å². The van der Waals surface area contributed by atoms with Gasteiger partial charge in [-0.1, -0.05) is 0 Å². The Kier molecular flexibility index (Phi) is 2.70. The fraction of sp³-hybridized carbons (Fsp3) is 0.500. The SMILES string of the molecule is N#C/C(C(N)=O)=C1/CCCCO1. The lowest BCUT2D eigenvalue weighted by Crippen LogP contribution is -2.17. The molecule has 0 spiro atoms. The molecule has 1 heterocycles. The summed E-state index contributed by atoms with van der Waals surface area (Å²) in [6, 6.07) is 1.75. The van der Waals surface area contributed by atoms with E-state index in [1.165, 1.54) is 0 Å². The highest BCUT2D eigenvalue weighted by Gasteiger charge is 2.16. The van der Waals surface area contributed by atoms with Gasteiger partial charge in [0.25, 0.3) is 5.91 Å². The summed E-state index contributed by atoms with van der Waals surface area (Å²) in [6.45, 7) is 0.577. The number of carbonyl (C=O) groups excluding carboxylic acids is 1. The summed E-state index contributed by atoms with van der Waals surface area (Å²) in [5, 5.41) is 8.56. The maximum atomic E-state index is 10.7. The van der Waals surface area contributed by atoms with Crippen LogP contribution in [0.2, 0.25) is 0 Å². The van der Waals surface area contributed by atoms with E-state index in [1.54, 1.807) is 6.07 Å². The Morgan fingerprint density at radius 2 is 2.33 bits per heavy atom. The highest BCUT2D eigenvalue weighted by atomic mass is 16.5. The molecule has 1 rings (SSSR count). The molecule has 0 bridgehead atoms. The number of nitriles is 1. The van der Waals surface area contributed by atoms with E-state index in [0.717, 1.165) is 12.8 Å². The Labute approximate surface area is 70.6 Å². The molecule has 0 aliphatic carbocycles. The molecule has 4 heteroatoms. The van der Waals surface area contributed by atoms with Crippen molar-refractivity contribution in [3.05, 3.63) is 11.3 Å². The van der Waals surface area contributed by atoms with Gasteiger partial charge < -0.3 is 10.5 Å². The quantitative estimate of drug-likeness (QED) is 0.454. The maximum Gasteiger partial charge on any atom is 0.262 e. The van der Waals surface area contributed by atoms with Crippen LogP contribution in [0.1, 0.15) is 19.3 Å². The van der Waals surface area contributed by atoms with E-state index in [2.05, 4.69) is 0 Å². The third-order valence-corrected chi connectivity index (χ3v) is 1.71. The van der Waals surface area contributed by atoms with Crippen LogP contribution < -0.4 is 5.73 Å². The molecule has 1 amide bonds. The standard InChI is InChI=1S/C8H10N2O2/c9-5-6(8(10)11)7-3-1-2-4-12-7/h1-4H2,(H2,10,11)/b7-6+. The van der Waals surface area contributed by atoms with Crippen molar-refractivity contribution in [3.63, 3.8) is 0 Å². The number of nitrogens with zero attached hydrogens (tertiary/aromatic N) is 1. The number of allylic oxidation sites excluding steroid dienone is 1. The number of hydrogen-bond acceptors (Lipinski definition) is 3. The summed E-state index contributed by atoms with van der Waals surface area (Å²) in [6.07, 6.45) is 2.57. The predicted octanol–water partition coefficient (Wildman–Crippen LogP) is 0.450. The monoisotopic (exact) mass is 166 g/mol. The normalized spacial score (nSPS) is 20.6. The van der Waals surface area contributed by atoms with Crippen molar-refractivity contribution >= 4 is 5.91 Å². The largest absolute Gasteiger partial charge is 0.496 e. The molecule has 4 nitrogen and oxygen atoms in total. The van der Waals surface area contributed by atoms with Crippen LogP contribution in [0.4, 0.5) is 0 Å². The molecule has 1 aliphatic heterocycles. The van der Waals surface area contributed by atoms with E-state index < -0.39 is 5.91 Å². The third-order valence-electron chi connectivity index (χ3n) is 1.71. The van der Waals surface area contributed by atoms with Crippen LogP contribution in [-0.4, -0.2) is 12.5 Å². The van der Waals surface area contributed by atoms with E-state index in [4.69, 9.17) is 15.7 Å². The number of amides is 1. The van der Waals surface area contributed by atoms with Gasteiger partial charge in [0.05, 0.1) is 6.61 Å². The maximum absolute atomic E-state index is 10.7. The smallest absolute Gasteiger partial charge is 0.262 e. The molecule has 2 N–H and O–H groups in total. The van der Waals surface area contributed by atoms with Crippen molar-refractivity contribution in [2.45, 2.75) is 19.3 Å². The first-order valence-corrected chi connectivity index (χ1v) is 3.81. The molecule has 0 atom stereocenters. The fourth-order valence-corrected chi connectivity index (χ4v) is 1.11. The van der Waals surface area contributed by atoms with Crippen molar-refractivity contribution in [2.75, 3.05) is 6.61 Å². The first-order valence-electron chi connectivity index (χ1n) is 3.81. The first kappa shape index (κ1) is 8.60. The van der Waals surface area contributed by atoms with Gasteiger partial charge in [0, 0.05) is 6.42 Å². The summed E-state index contributed by atoms with van der Waals surface area (Å²) < 4.78 is 5.15. The summed E-state index contributed by atoms with van der Waals surface area (Å²) in [7, 11) is 0. The summed E-state index contributed by atoms with van der Waals surface area (Å²) >= 11 is 0. The van der Waals surface area contributed by atoms with Crippen LogP contribution in [0.3, 0.4) is 0 Å². The predicted molar refractivity (Wildman–Crippen MR) is 41.6 cm³/mol. The zero-order valence-corrected chi connectivity index (χ0v) is 6.67. The number of nitrogens with two attached hydrogens (primary N) is 1. The first-order chi connectivity index (χ1) is 5.75. The molecule has 0 radical (unpaired) electrons. The Morgan fingerprint density at radius 1 is 1.58 bits per heavy atom. The van der Waals surface area contributed by atoms with Crippen molar-refractivity contribution < 1.29 is 9.53 Å². The molecule has 1 aliphatic rings.